The third kappa shape index (κ3) is 3.85. The van der Waals surface area contributed by atoms with E-state index < -0.39 is 11.6 Å². The van der Waals surface area contributed by atoms with Gasteiger partial charge in [0.25, 0.3) is 0 Å². The van der Waals surface area contributed by atoms with Crippen molar-refractivity contribution in [2.75, 3.05) is 0 Å². The maximum absolute atomic E-state index is 11.5. The fourth-order valence-electron chi connectivity index (χ4n) is 6.15. The first-order chi connectivity index (χ1) is 14.0. The summed E-state index contributed by atoms with van der Waals surface area (Å²) in [5.41, 5.74) is 3.60. The second kappa shape index (κ2) is 7.95. The van der Waals surface area contributed by atoms with Crippen LogP contribution in [0, 0.1) is 5.92 Å². The van der Waals surface area contributed by atoms with Crippen LogP contribution in [0.15, 0.2) is 48.5 Å². The van der Waals surface area contributed by atoms with Crippen LogP contribution in [0.1, 0.15) is 78.9 Å². The Morgan fingerprint density at radius 2 is 1.93 bits per heavy atom. The van der Waals surface area contributed by atoms with Crippen molar-refractivity contribution in [1.82, 2.24) is 0 Å². The molecule has 0 spiro atoms. The molecule has 0 aliphatic heterocycles. The van der Waals surface area contributed by atoms with Gasteiger partial charge in [-0.3, -0.25) is 0 Å². The third-order valence-corrected chi connectivity index (χ3v) is 7.40. The van der Waals surface area contributed by atoms with Gasteiger partial charge < -0.3 is 10.2 Å². The number of benzene rings is 2. The summed E-state index contributed by atoms with van der Waals surface area (Å²) in [6.07, 6.45) is 8.66. The minimum Gasteiger partial charge on any atom is -0.478 e. The van der Waals surface area contributed by atoms with E-state index in [9.17, 15) is 15.0 Å². The Balaban J connectivity index is 1.68. The van der Waals surface area contributed by atoms with Gasteiger partial charge in [0.05, 0.1) is 11.2 Å². The predicted molar refractivity (Wildman–Crippen MR) is 115 cm³/mol. The molecule has 2 aromatic carbocycles. The third-order valence-electron chi connectivity index (χ3n) is 7.40. The Morgan fingerprint density at radius 1 is 1.14 bits per heavy atom. The van der Waals surface area contributed by atoms with Crippen molar-refractivity contribution in [1.29, 1.82) is 0 Å². The molecule has 154 valence electrons. The topological polar surface area (TPSA) is 57.5 Å². The van der Waals surface area contributed by atoms with E-state index in [-0.39, 0.29) is 5.41 Å². The molecular weight excluding hydrogens is 360 g/mol. The number of hydrogen-bond acceptors (Lipinski definition) is 2. The average Bonchev–Trinajstić information content (AvgIpc) is 2.85. The molecule has 0 aromatic heterocycles. The number of carboxylic acids is 1. The molecule has 3 heteroatoms. The molecular formula is C26H32O3. The number of carboxylic acid groups (broad SMARTS) is 1. The van der Waals surface area contributed by atoms with E-state index in [0.29, 0.717) is 11.5 Å². The predicted octanol–water partition coefficient (Wildman–Crippen LogP) is 5.53. The van der Waals surface area contributed by atoms with E-state index in [1.807, 2.05) is 24.3 Å². The number of aliphatic hydroxyl groups is 1. The molecule has 0 amide bonds. The summed E-state index contributed by atoms with van der Waals surface area (Å²) in [5, 5.41) is 21.0. The monoisotopic (exact) mass is 392 g/mol. The lowest BCUT2D eigenvalue weighted by Crippen LogP contribution is -2.48. The van der Waals surface area contributed by atoms with Gasteiger partial charge in [-0.05, 0) is 85.1 Å². The van der Waals surface area contributed by atoms with Gasteiger partial charge >= 0.3 is 5.97 Å². The maximum atomic E-state index is 11.5. The largest absolute Gasteiger partial charge is 0.478 e. The highest BCUT2D eigenvalue weighted by molar-refractivity contribution is 5.88. The van der Waals surface area contributed by atoms with E-state index in [2.05, 4.69) is 25.1 Å². The smallest absolute Gasteiger partial charge is 0.335 e. The van der Waals surface area contributed by atoms with Crippen molar-refractivity contribution in [2.24, 2.45) is 5.92 Å². The molecule has 4 rings (SSSR count). The lowest BCUT2D eigenvalue weighted by Gasteiger charge is -2.50. The van der Waals surface area contributed by atoms with Crippen LogP contribution in [0.4, 0.5) is 0 Å². The normalized spacial score (nSPS) is 28.8. The fourth-order valence-corrected chi connectivity index (χ4v) is 6.15. The first kappa shape index (κ1) is 20.2. The van der Waals surface area contributed by atoms with Gasteiger partial charge in [0.2, 0.25) is 0 Å². The van der Waals surface area contributed by atoms with Gasteiger partial charge in [0.15, 0.2) is 0 Å². The van der Waals surface area contributed by atoms with Crippen LogP contribution >= 0.6 is 0 Å². The van der Waals surface area contributed by atoms with Crippen LogP contribution in [-0.2, 0) is 18.3 Å². The molecule has 0 saturated heterocycles. The maximum Gasteiger partial charge on any atom is 0.335 e. The summed E-state index contributed by atoms with van der Waals surface area (Å²) in [6, 6.07) is 16.1. The van der Waals surface area contributed by atoms with Gasteiger partial charge in [-0.25, -0.2) is 4.79 Å². The van der Waals surface area contributed by atoms with Crippen molar-refractivity contribution in [3.63, 3.8) is 0 Å². The Kier molecular flexibility index (Phi) is 5.52. The first-order valence-corrected chi connectivity index (χ1v) is 11.1. The van der Waals surface area contributed by atoms with E-state index in [1.54, 1.807) is 6.07 Å². The van der Waals surface area contributed by atoms with Gasteiger partial charge in [-0.2, -0.15) is 0 Å². The summed E-state index contributed by atoms with van der Waals surface area (Å²) in [4.78, 5) is 11.5. The lowest BCUT2D eigenvalue weighted by molar-refractivity contribution is -0.0488. The highest BCUT2D eigenvalue weighted by Crippen LogP contribution is 2.54. The van der Waals surface area contributed by atoms with Crippen molar-refractivity contribution in [3.05, 3.63) is 70.8 Å². The summed E-state index contributed by atoms with van der Waals surface area (Å²) in [5.74, 6) is -0.402. The molecule has 2 N–H and O–H groups in total. The average molecular weight is 393 g/mol. The van der Waals surface area contributed by atoms with Crippen molar-refractivity contribution in [3.8, 4) is 0 Å². The standard InChI is InChI=1S/C26H32O3/c1-2-13-26-15-14-25(29,17-19-7-4-3-5-8-19)18-22(26)10-6-9-20-16-21(24(27)28)11-12-23(20)26/h3-5,7-8,11-12,16,22,29H,2,6,9-10,13-15,17-18H2,1H3,(H,27,28)/t22-,25+,26+/m0/s1. The molecule has 2 aromatic rings. The highest BCUT2D eigenvalue weighted by atomic mass is 16.4. The fraction of sp³-hybridized carbons (Fsp3) is 0.500. The molecule has 2 aliphatic carbocycles. The Bertz CT molecular complexity index is 875. The molecule has 1 saturated carbocycles. The zero-order valence-electron chi connectivity index (χ0n) is 17.4. The van der Waals surface area contributed by atoms with Crippen LogP contribution in [-0.4, -0.2) is 21.8 Å². The molecule has 3 atom stereocenters. The summed E-state index contributed by atoms with van der Waals surface area (Å²) in [7, 11) is 0. The zero-order valence-corrected chi connectivity index (χ0v) is 17.4. The van der Waals surface area contributed by atoms with Crippen LogP contribution in [0.25, 0.3) is 0 Å². The molecule has 0 unspecified atom stereocenters. The lowest BCUT2D eigenvalue weighted by atomic mass is 9.55. The van der Waals surface area contributed by atoms with E-state index in [1.165, 1.54) is 16.7 Å². The number of aromatic carboxylic acids is 1. The zero-order chi connectivity index (χ0) is 20.5. The Hall–Kier alpha value is -2.13. The molecule has 0 bridgehead atoms. The second-order valence-corrected chi connectivity index (χ2v) is 9.26. The summed E-state index contributed by atoms with van der Waals surface area (Å²) >= 11 is 0. The molecule has 0 heterocycles. The van der Waals surface area contributed by atoms with Crippen molar-refractivity contribution >= 4 is 5.97 Å². The number of hydrogen-bond donors (Lipinski definition) is 2. The van der Waals surface area contributed by atoms with Crippen LogP contribution < -0.4 is 0 Å². The second-order valence-electron chi connectivity index (χ2n) is 9.26. The van der Waals surface area contributed by atoms with Gasteiger partial charge in [-0.15, -0.1) is 0 Å². The summed E-state index contributed by atoms with van der Waals surface area (Å²) < 4.78 is 0. The Morgan fingerprint density at radius 3 is 2.66 bits per heavy atom. The van der Waals surface area contributed by atoms with E-state index >= 15 is 0 Å². The van der Waals surface area contributed by atoms with Gasteiger partial charge in [0.1, 0.15) is 0 Å². The van der Waals surface area contributed by atoms with Gasteiger partial charge in [0, 0.05) is 6.42 Å². The van der Waals surface area contributed by atoms with Crippen LogP contribution in [0.5, 0.6) is 0 Å². The van der Waals surface area contributed by atoms with Crippen LogP contribution in [0.2, 0.25) is 0 Å². The van der Waals surface area contributed by atoms with Crippen LogP contribution in [0.3, 0.4) is 0 Å². The summed E-state index contributed by atoms with van der Waals surface area (Å²) in [6.45, 7) is 2.24. The molecule has 0 radical (unpaired) electrons. The first-order valence-electron chi connectivity index (χ1n) is 11.1. The van der Waals surface area contributed by atoms with Crippen molar-refractivity contribution < 1.29 is 15.0 Å². The minimum absolute atomic E-state index is 0.0700. The van der Waals surface area contributed by atoms with Crippen molar-refractivity contribution in [2.45, 2.75) is 75.7 Å². The molecule has 1 fully saturated rings. The van der Waals surface area contributed by atoms with Gasteiger partial charge in [-0.1, -0.05) is 49.7 Å². The van der Waals surface area contributed by atoms with E-state index in [4.69, 9.17) is 0 Å². The molecule has 3 nitrogen and oxygen atoms in total. The molecule has 29 heavy (non-hydrogen) atoms. The Labute approximate surface area is 173 Å². The quantitative estimate of drug-likeness (QED) is 0.703. The molecule has 2 aliphatic rings. The number of fused-ring (bicyclic) bond motifs is 3. The SMILES string of the molecule is CCC[C@@]12CC[C@@](O)(Cc3ccccc3)C[C@@H]1CCCc1cc(C(=O)O)ccc12. The number of carbonyl (C=O) groups is 1. The number of rotatable bonds is 5. The van der Waals surface area contributed by atoms with E-state index in [0.717, 1.165) is 57.8 Å². The minimum atomic E-state index is -0.848. The number of aryl methyl sites for hydroxylation is 1. The highest BCUT2D eigenvalue weighted by Gasteiger charge is 2.50.